The Hall–Kier alpha value is -8.98. The molecule has 2 heteroatoms. The van der Waals surface area contributed by atoms with Gasteiger partial charge in [-0.3, -0.25) is 0 Å². The summed E-state index contributed by atoms with van der Waals surface area (Å²) in [4.78, 5) is 2.40. The normalized spacial score (nSPS) is 12.5. The van der Waals surface area contributed by atoms with Crippen LogP contribution in [0.3, 0.4) is 0 Å². The van der Waals surface area contributed by atoms with Crippen LogP contribution in [0.5, 0.6) is 0 Å². The molecule has 1 aromatic heterocycles. The standard InChI is InChI=1S/C67H45NO/c1-4-17-46(18-5-1)47-31-33-49(34-32-47)56-23-11-14-29-63(56)68(54-40-35-48(36-41-54)51-39-44-59-58-24-12-15-30-64(58)69-65(59)45-51)55-42-37-50(38-43-55)57-26-16-28-62-66(57)60-25-10-13-27-61(60)67(62,52-19-6-2-7-20-52)53-21-8-3-9-22-53/h1-45H. The molecular weight excluding hydrogens is 835 g/mol. The molecule has 2 nitrogen and oxygen atoms in total. The zero-order valence-corrected chi connectivity index (χ0v) is 37.8. The summed E-state index contributed by atoms with van der Waals surface area (Å²) in [6, 6.07) is 99.2. The van der Waals surface area contributed by atoms with Gasteiger partial charge in [0.2, 0.25) is 0 Å². The van der Waals surface area contributed by atoms with E-state index in [2.05, 4.69) is 266 Å². The van der Waals surface area contributed by atoms with Crippen LogP contribution < -0.4 is 4.90 Å². The number of furan rings is 1. The Morgan fingerprint density at radius 3 is 1.46 bits per heavy atom. The second-order valence-corrected chi connectivity index (χ2v) is 18.0. The second-order valence-electron chi connectivity index (χ2n) is 18.0. The van der Waals surface area contributed by atoms with E-state index in [4.69, 9.17) is 4.42 Å². The highest BCUT2D eigenvalue weighted by Crippen LogP contribution is 2.58. The minimum atomic E-state index is -0.464. The Morgan fingerprint density at radius 1 is 0.290 bits per heavy atom. The fraction of sp³-hybridized carbons (Fsp3) is 0.0149. The summed E-state index contributed by atoms with van der Waals surface area (Å²) in [6.45, 7) is 0. The highest BCUT2D eigenvalue weighted by molar-refractivity contribution is 6.06. The van der Waals surface area contributed by atoms with E-state index in [1.54, 1.807) is 0 Å². The largest absolute Gasteiger partial charge is 0.456 e. The van der Waals surface area contributed by atoms with Crippen LogP contribution in [0, 0.1) is 0 Å². The smallest absolute Gasteiger partial charge is 0.136 e. The first-order valence-corrected chi connectivity index (χ1v) is 23.7. The van der Waals surface area contributed by atoms with Crippen molar-refractivity contribution in [3.8, 4) is 55.6 Å². The third kappa shape index (κ3) is 6.72. The van der Waals surface area contributed by atoms with Crippen molar-refractivity contribution in [1.82, 2.24) is 0 Å². The highest BCUT2D eigenvalue weighted by atomic mass is 16.3. The van der Waals surface area contributed by atoms with E-state index in [9.17, 15) is 0 Å². The van der Waals surface area contributed by atoms with Gasteiger partial charge in [-0.05, 0) is 121 Å². The number of para-hydroxylation sites is 2. The Labute approximate surface area is 402 Å². The molecular formula is C67H45NO. The van der Waals surface area contributed by atoms with Crippen molar-refractivity contribution in [2.45, 2.75) is 5.41 Å². The number of anilines is 3. The molecule has 0 amide bonds. The summed E-state index contributed by atoms with van der Waals surface area (Å²) in [5.41, 5.74) is 21.6. The zero-order chi connectivity index (χ0) is 45.7. The van der Waals surface area contributed by atoms with E-state index in [0.717, 1.165) is 61.3 Å². The van der Waals surface area contributed by atoms with Gasteiger partial charge in [-0.2, -0.15) is 0 Å². The summed E-state index contributed by atoms with van der Waals surface area (Å²) in [6.07, 6.45) is 0. The molecule has 12 aromatic rings. The number of fused-ring (bicyclic) bond motifs is 6. The molecule has 1 aliphatic rings. The molecule has 0 aliphatic heterocycles. The van der Waals surface area contributed by atoms with Gasteiger partial charge in [0.25, 0.3) is 0 Å². The van der Waals surface area contributed by atoms with Gasteiger partial charge in [-0.15, -0.1) is 0 Å². The first kappa shape index (κ1) is 40.3. The van der Waals surface area contributed by atoms with Gasteiger partial charge in [0.05, 0.1) is 11.1 Å². The SMILES string of the molecule is c1ccc(-c2ccc(-c3ccccc3N(c3ccc(-c4ccc5c(c4)oc4ccccc45)cc3)c3ccc(-c4cccc5c4-c4ccccc4C5(c4ccccc4)c4ccccc4)cc3)cc2)cc1. The summed E-state index contributed by atoms with van der Waals surface area (Å²) >= 11 is 0. The molecule has 0 unspecified atom stereocenters. The summed E-state index contributed by atoms with van der Waals surface area (Å²) < 4.78 is 6.31. The van der Waals surface area contributed by atoms with Gasteiger partial charge in [0, 0.05) is 27.7 Å². The third-order valence-electron chi connectivity index (χ3n) is 14.2. The fourth-order valence-electron chi connectivity index (χ4n) is 11.0. The summed E-state index contributed by atoms with van der Waals surface area (Å²) in [5.74, 6) is 0. The molecule has 0 N–H and O–H groups in total. The molecule has 13 rings (SSSR count). The van der Waals surface area contributed by atoms with Crippen molar-refractivity contribution in [3.63, 3.8) is 0 Å². The van der Waals surface area contributed by atoms with Crippen LogP contribution in [0.25, 0.3) is 77.6 Å². The van der Waals surface area contributed by atoms with Crippen LogP contribution in [0.15, 0.2) is 277 Å². The zero-order valence-electron chi connectivity index (χ0n) is 37.8. The number of benzene rings is 11. The molecule has 0 bridgehead atoms. The van der Waals surface area contributed by atoms with Gasteiger partial charge in [-0.1, -0.05) is 224 Å². The predicted octanol–water partition coefficient (Wildman–Crippen LogP) is 18.1. The molecule has 11 aromatic carbocycles. The van der Waals surface area contributed by atoms with E-state index in [1.807, 2.05) is 12.1 Å². The Bertz CT molecular complexity index is 3760. The molecule has 0 spiro atoms. The van der Waals surface area contributed by atoms with Gasteiger partial charge < -0.3 is 9.32 Å². The van der Waals surface area contributed by atoms with Gasteiger partial charge in [0.1, 0.15) is 11.2 Å². The summed E-state index contributed by atoms with van der Waals surface area (Å²) in [5, 5.41) is 2.27. The molecule has 1 aliphatic carbocycles. The predicted molar refractivity (Wildman–Crippen MR) is 287 cm³/mol. The monoisotopic (exact) mass is 879 g/mol. The maximum atomic E-state index is 6.31. The maximum Gasteiger partial charge on any atom is 0.136 e. The average Bonchev–Trinajstić information content (AvgIpc) is 3.96. The van der Waals surface area contributed by atoms with Crippen LogP contribution in [-0.4, -0.2) is 0 Å². The highest BCUT2D eigenvalue weighted by Gasteiger charge is 2.46. The van der Waals surface area contributed by atoms with E-state index in [-0.39, 0.29) is 0 Å². The lowest BCUT2D eigenvalue weighted by molar-refractivity contribution is 0.669. The quantitative estimate of drug-likeness (QED) is 0.144. The van der Waals surface area contributed by atoms with Crippen LogP contribution in [0.1, 0.15) is 22.3 Å². The van der Waals surface area contributed by atoms with Crippen molar-refractivity contribution < 1.29 is 4.42 Å². The van der Waals surface area contributed by atoms with Crippen molar-refractivity contribution in [2.75, 3.05) is 4.90 Å². The lowest BCUT2D eigenvalue weighted by atomic mass is 9.67. The minimum Gasteiger partial charge on any atom is -0.456 e. The third-order valence-corrected chi connectivity index (χ3v) is 14.2. The van der Waals surface area contributed by atoms with Crippen LogP contribution >= 0.6 is 0 Å². The molecule has 0 atom stereocenters. The second kappa shape index (κ2) is 16.7. The van der Waals surface area contributed by atoms with E-state index in [1.165, 1.54) is 55.6 Å². The average molecular weight is 880 g/mol. The van der Waals surface area contributed by atoms with E-state index < -0.39 is 5.41 Å². The Morgan fingerprint density at radius 2 is 0.754 bits per heavy atom. The molecule has 0 saturated heterocycles. The maximum absolute atomic E-state index is 6.31. The summed E-state index contributed by atoms with van der Waals surface area (Å²) in [7, 11) is 0. The number of rotatable bonds is 9. The lowest BCUT2D eigenvalue weighted by Gasteiger charge is -2.34. The van der Waals surface area contributed by atoms with E-state index >= 15 is 0 Å². The van der Waals surface area contributed by atoms with Gasteiger partial charge in [0.15, 0.2) is 0 Å². The van der Waals surface area contributed by atoms with Gasteiger partial charge in [-0.25, -0.2) is 0 Å². The topological polar surface area (TPSA) is 16.4 Å². The van der Waals surface area contributed by atoms with Gasteiger partial charge >= 0.3 is 0 Å². The van der Waals surface area contributed by atoms with E-state index in [0.29, 0.717) is 0 Å². The minimum absolute atomic E-state index is 0.464. The fourth-order valence-corrected chi connectivity index (χ4v) is 11.0. The molecule has 0 saturated carbocycles. The van der Waals surface area contributed by atoms with Crippen LogP contribution in [0.2, 0.25) is 0 Å². The van der Waals surface area contributed by atoms with Crippen LogP contribution in [0.4, 0.5) is 17.1 Å². The number of hydrogen-bond donors (Lipinski definition) is 0. The Balaban J connectivity index is 0.934. The first-order chi connectivity index (χ1) is 34.2. The number of hydrogen-bond acceptors (Lipinski definition) is 2. The van der Waals surface area contributed by atoms with Crippen LogP contribution in [-0.2, 0) is 5.41 Å². The van der Waals surface area contributed by atoms with Crippen molar-refractivity contribution >= 4 is 39.0 Å². The lowest BCUT2D eigenvalue weighted by Crippen LogP contribution is -2.28. The molecule has 0 radical (unpaired) electrons. The molecule has 1 heterocycles. The van der Waals surface area contributed by atoms with Crippen molar-refractivity contribution in [3.05, 3.63) is 295 Å². The number of nitrogens with zero attached hydrogens (tertiary/aromatic N) is 1. The first-order valence-electron chi connectivity index (χ1n) is 23.7. The molecule has 324 valence electrons. The molecule has 0 fully saturated rings. The Kier molecular flexibility index (Phi) is 9.77. The van der Waals surface area contributed by atoms with Crippen molar-refractivity contribution in [1.29, 1.82) is 0 Å². The molecule has 69 heavy (non-hydrogen) atoms. The van der Waals surface area contributed by atoms with Crippen molar-refractivity contribution in [2.24, 2.45) is 0 Å².